The van der Waals surface area contributed by atoms with E-state index < -0.39 is 0 Å². The molecular weight excluding hydrogens is 204 g/mol. The molecule has 0 aliphatic carbocycles. The molecule has 0 saturated carbocycles. The summed E-state index contributed by atoms with van der Waals surface area (Å²) in [6, 6.07) is 7.70. The zero-order valence-corrected chi connectivity index (χ0v) is 9.81. The molecule has 0 aliphatic heterocycles. The van der Waals surface area contributed by atoms with Crippen molar-refractivity contribution in [2.45, 2.75) is 31.1 Å². The Morgan fingerprint density at radius 2 is 2.20 bits per heavy atom. The zero-order chi connectivity index (χ0) is 11.1. The summed E-state index contributed by atoms with van der Waals surface area (Å²) in [6.45, 7) is 2.20. The molecule has 3 heteroatoms. The number of nitrogen functional groups attached to an aromatic ring is 1. The molecule has 0 aliphatic rings. The van der Waals surface area contributed by atoms with Gasteiger partial charge in [-0.1, -0.05) is 19.8 Å². The molecular formula is C12H16N2S. The van der Waals surface area contributed by atoms with Crippen molar-refractivity contribution < 1.29 is 0 Å². The lowest BCUT2D eigenvalue weighted by molar-refractivity contribution is 0.778. The molecule has 15 heavy (non-hydrogen) atoms. The molecule has 0 atom stereocenters. The molecule has 0 fully saturated rings. The SMILES string of the molecule is CCCCCSc1ccc(C#N)c(N)c1. The standard InChI is InChI=1S/C12H16N2S/c1-2-3-4-7-15-11-6-5-10(9-13)12(14)8-11/h5-6,8H,2-4,7,14H2,1H3. The van der Waals surface area contributed by atoms with Crippen LogP contribution in [0, 0.1) is 11.3 Å². The Kier molecular flexibility index (Phi) is 5.06. The molecule has 2 N–H and O–H groups in total. The van der Waals surface area contributed by atoms with E-state index in [-0.39, 0.29) is 0 Å². The minimum Gasteiger partial charge on any atom is -0.398 e. The highest BCUT2D eigenvalue weighted by Crippen LogP contribution is 2.23. The van der Waals surface area contributed by atoms with Crippen LogP contribution >= 0.6 is 11.8 Å². The quantitative estimate of drug-likeness (QED) is 0.470. The Balaban J connectivity index is 2.49. The normalized spacial score (nSPS) is 9.87. The number of hydrogen-bond acceptors (Lipinski definition) is 3. The van der Waals surface area contributed by atoms with E-state index in [0.29, 0.717) is 11.3 Å². The number of hydrogen-bond donors (Lipinski definition) is 1. The number of unbranched alkanes of at least 4 members (excludes halogenated alkanes) is 2. The van der Waals surface area contributed by atoms with Crippen LogP contribution in [0.25, 0.3) is 0 Å². The fourth-order valence-electron chi connectivity index (χ4n) is 1.27. The van der Waals surface area contributed by atoms with Gasteiger partial charge in [0.2, 0.25) is 0 Å². The van der Waals surface area contributed by atoms with E-state index >= 15 is 0 Å². The van der Waals surface area contributed by atoms with Crippen LogP contribution < -0.4 is 5.73 Å². The Morgan fingerprint density at radius 3 is 2.80 bits per heavy atom. The molecule has 1 aromatic carbocycles. The van der Waals surface area contributed by atoms with Crippen molar-refractivity contribution in [2.24, 2.45) is 0 Å². The molecule has 0 amide bonds. The van der Waals surface area contributed by atoms with Crippen LogP contribution in [-0.4, -0.2) is 5.75 Å². The summed E-state index contributed by atoms with van der Waals surface area (Å²) in [5.41, 5.74) is 6.87. The van der Waals surface area contributed by atoms with Crippen molar-refractivity contribution in [3.63, 3.8) is 0 Å². The van der Waals surface area contributed by atoms with Gasteiger partial charge in [-0.05, 0) is 30.4 Å². The highest BCUT2D eigenvalue weighted by atomic mass is 32.2. The number of thioether (sulfide) groups is 1. The first-order chi connectivity index (χ1) is 7.27. The molecule has 0 unspecified atom stereocenters. The average Bonchev–Trinajstić information content (AvgIpc) is 2.25. The van der Waals surface area contributed by atoms with Crippen LogP contribution in [-0.2, 0) is 0 Å². The molecule has 80 valence electrons. The van der Waals surface area contributed by atoms with Crippen LogP contribution in [0.3, 0.4) is 0 Å². The molecule has 0 aromatic heterocycles. The van der Waals surface area contributed by atoms with E-state index in [2.05, 4.69) is 13.0 Å². The van der Waals surface area contributed by atoms with Crippen LogP contribution in [0.1, 0.15) is 31.7 Å². The second kappa shape index (κ2) is 6.36. The molecule has 0 heterocycles. The van der Waals surface area contributed by atoms with Crippen molar-refractivity contribution >= 4 is 17.4 Å². The van der Waals surface area contributed by atoms with Gasteiger partial charge in [-0.25, -0.2) is 0 Å². The minimum absolute atomic E-state index is 0.563. The van der Waals surface area contributed by atoms with Gasteiger partial charge in [0.15, 0.2) is 0 Å². The molecule has 1 rings (SSSR count). The number of nitrogens with two attached hydrogens (primary N) is 1. The summed E-state index contributed by atoms with van der Waals surface area (Å²) in [5, 5.41) is 8.72. The molecule has 2 nitrogen and oxygen atoms in total. The third kappa shape index (κ3) is 3.85. The summed E-state index contributed by atoms with van der Waals surface area (Å²) in [6.07, 6.45) is 3.76. The van der Waals surface area contributed by atoms with E-state index in [9.17, 15) is 0 Å². The first-order valence-corrected chi connectivity index (χ1v) is 6.19. The van der Waals surface area contributed by atoms with Crippen molar-refractivity contribution in [2.75, 3.05) is 11.5 Å². The Labute approximate surface area is 95.5 Å². The van der Waals surface area contributed by atoms with E-state index in [1.54, 1.807) is 17.8 Å². The molecule has 0 bridgehead atoms. The summed E-state index contributed by atoms with van der Waals surface area (Å²) >= 11 is 1.80. The molecule has 0 radical (unpaired) electrons. The summed E-state index contributed by atoms with van der Waals surface area (Å²) < 4.78 is 0. The van der Waals surface area contributed by atoms with Gasteiger partial charge >= 0.3 is 0 Å². The third-order valence-electron chi connectivity index (χ3n) is 2.16. The van der Waals surface area contributed by atoms with E-state index in [1.165, 1.54) is 19.3 Å². The maximum Gasteiger partial charge on any atom is 0.101 e. The second-order valence-corrected chi connectivity index (χ2v) is 4.58. The molecule has 0 saturated heterocycles. The topological polar surface area (TPSA) is 49.8 Å². The lowest BCUT2D eigenvalue weighted by atomic mass is 10.2. The smallest absolute Gasteiger partial charge is 0.101 e. The maximum absolute atomic E-state index is 8.72. The van der Waals surface area contributed by atoms with E-state index in [0.717, 1.165) is 10.6 Å². The number of rotatable bonds is 5. The lowest BCUT2D eigenvalue weighted by Crippen LogP contribution is -1.90. The van der Waals surface area contributed by atoms with E-state index in [4.69, 9.17) is 11.0 Å². The predicted molar refractivity (Wildman–Crippen MR) is 65.8 cm³/mol. The summed E-state index contributed by atoms with van der Waals surface area (Å²) in [5.74, 6) is 1.12. The largest absolute Gasteiger partial charge is 0.398 e. The highest BCUT2D eigenvalue weighted by molar-refractivity contribution is 7.99. The monoisotopic (exact) mass is 220 g/mol. The van der Waals surface area contributed by atoms with Crippen LogP contribution in [0.5, 0.6) is 0 Å². The third-order valence-corrected chi connectivity index (χ3v) is 3.24. The first-order valence-electron chi connectivity index (χ1n) is 5.20. The number of benzene rings is 1. The van der Waals surface area contributed by atoms with Gasteiger partial charge in [-0.3, -0.25) is 0 Å². The minimum atomic E-state index is 0.563. The van der Waals surface area contributed by atoms with Gasteiger partial charge in [-0.2, -0.15) is 5.26 Å². The van der Waals surface area contributed by atoms with Crippen LogP contribution in [0.15, 0.2) is 23.1 Å². The number of anilines is 1. The van der Waals surface area contributed by atoms with Gasteiger partial charge in [0.1, 0.15) is 6.07 Å². The van der Waals surface area contributed by atoms with Gasteiger partial charge in [0.25, 0.3) is 0 Å². The van der Waals surface area contributed by atoms with Gasteiger partial charge in [0, 0.05) is 4.90 Å². The number of nitriles is 1. The van der Waals surface area contributed by atoms with Crippen molar-refractivity contribution in [3.8, 4) is 6.07 Å². The van der Waals surface area contributed by atoms with Crippen LogP contribution in [0.2, 0.25) is 0 Å². The van der Waals surface area contributed by atoms with Crippen molar-refractivity contribution in [1.82, 2.24) is 0 Å². The van der Waals surface area contributed by atoms with Crippen molar-refractivity contribution in [3.05, 3.63) is 23.8 Å². The van der Waals surface area contributed by atoms with Gasteiger partial charge < -0.3 is 5.73 Å². The van der Waals surface area contributed by atoms with E-state index in [1.807, 2.05) is 12.1 Å². The predicted octanol–water partition coefficient (Wildman–Crippen LogP) is 3.42. The highest BCUT2D eigenvalue weighted by Gasteiger charge is 2.00. The Hall–Kier alpha value is -1.14. The Morgan fingerprint density at radius 1 is 1.40 bits per heavy atom. The lowest BCUT2D eigenvalue weighted by Gasteiger charge is -2.03. The molecule has 0 spiro atoms. The second-order valence-electron chi connectivity index (χ2n) is 3.42. The summed E-state index contributed by atoms with van der Waals surface area (Å²) in [7, 11) is 0. The Bertz CT molecular complexity index is 355. The van der Waals surface area contributed by atoms with Gasteiger partial charge in [-0.15, -0.1) is 11.8 Å². The van der Waals surface area contributed by atoms with Crippen LogP contribution in [0.4, 0.5) is 5.69 Å². The van der Waals surface area contributed by atoms with Gasteiger partial charge in [0.05, 0.1) is 11.3 Å². The number of nitrogens with zero attached hydrogens (tertiary/aromatic N) is 1. The fourth-order valence-corrected chi connectivity index (χ4v) is 2.23. The maximum atomic E-state index is 8.72. The zero-order valence-electron chi connectivity index (χ0n) is 8.99. The van der Waals surface area contributed by atoms with Crippen molar-refractivity contribution in [1.29, 1.82) is 5.26 Å². The average molecular weight is 220 g/mol. The fraction of sp³-hybridized carbons (Fsp3) is 0.417. The molecule has 1 aromatic rings. The first kappa shape index (κ1) is 11.9. The summed E-state index contributed by atoms with van der Waals surface area (Å²) in [4.78, 5) is 1.16.